The summed E-state index contributed by atoms with van der Waals surface area (Å²) < 4.78 is 10.6. The van der Waals surface area contributed by atoms with E-state index in [2.05, 4.69) is 17.0 Å². The van der Waals surface area contributed by atoms with E-state index in [1.54, 1.807) is 4.90 Å². The first-order chi connectivity index (χ1) is 12.3. The van der Waals surface area contributed by atoms with Crippen molar-refractivity contribution in [1.82, 2.24) is 9.80 Å². The second-order valence-electron chi connectivity index (χ2n) is 8.18. The third-order valence-corrected chi connectivity index (χ3v) is 4.97. The standard InChI is InChI=1S/C20H28N2O4/c1-20(2,3)26-19(24)22-16-10-15(17(22)18(23)25-4)12-21(13-16)11-14-8-6-5-7-9-14/h5-9,15-17H,10-13H2,1-4H3/t15-,16+,17+/m0/s1. The van der Waals surface area contributed by atoms with E-state index < -0.39 is 17.7 Å². The molecule has 0 spiro atoms. The lowest BCUT2D eigenvalue weighted by atomic mass is 9.94. The lowest BCUT2D eigenvalue weighted by Gasteiger charge is -2.33. The summed E-state index contributed by atoms with van der Waals surface area (Å²) in [6, 6.07) is 9.65. The zero-order valence-electron chi connectivity index (χ0n) is 16.0. The van der Waals surface area contributed by atoms with Crippen LogP contribution in [0.1, 0.15) is 32.8 Å². The number of benzene rings is 1. The van der Waals surface area contributed by atoms with Gasteiger partial charge in [-0.25, -0.2) is 9.59 Å². The van der Waals surface area contributed by atoms with E-state index in [4.69, 9.17) is 9.47 Å². The number of carbonyl (C=O) groups excluding carboxylic acids is 2. The van der Waals surface area contributed by atoms with Crippen LogP contribution >= 0.6 is 0 Å². The highest BCUT2D eigenvalue weighted by molar-refractivity contribution is 5.83. The van der Waals surface area contributed by atoms with E-state index in [9.17, 15) is 9.59 Å². The molecule has 0 radical (unpaired) electrons. The maximum Gasteiger partial charge on any atom is 0.411 e. The summed E-state index contributed by atoms with van der Waals surface area (Å²) >= 11 is 0. The van der Waals surface area contributed by atoms with E-state index >= 15 is 0 Å². The van der Waals surface area contributed by atoms with Gasteiger partial charge in [-0.3, -0.25) is 9.80 Å². The number of hydrogen-bond acceptors (Lipinski definition) is 5. The van der Waals surface area contributed by atoms with Gasteiger partial charge in [0.15, 0.2) is 0 Å². The predicted octanol–water partition coefficient (Wildman–Crippen LogP) is 2.67. The van der Waals surface area contributed by atoms with E-state index in [0.717, 1.165) is 26.1 Å². The van der Waals surface area contributed by atoms with Crippen molar-refractivity contribution in [1.29, 1.82) is 0 Å². The molecule has 1 aromatic rings. The number of fused-ring (bicyclic) bond motifs is 2. The molecule has 0 N–H and O–H groups in total. The van der Waals surface area contributed by atoms with Gasteiger partial charge in [0.2, 0.25) is 0 Å². The molecule has 0 saturated carbocycles. The van der Waals surface area contributed by atoms with Crippen molar-refractivity contribution in [2.24, 2.45) is 5.92 Å². The number of esters is 1. The number of nitrogens with zero attached hydrogens (tertiary/aromatic N) is 2. The first-order valence-electron chi connectivity index (χ1n) is 9.14. The summed E-state index contributed by atoms with van der Waals surface area (Å²) in [4.78, 5) is 29.1. The number of piperidine rings is 1. The van der Waals surface area contributed by atoms with Gasteiger partial charge in [-0.05, 0) is 32.8 Å². The Kier molecular flexibility index (Phi) is 5.23. The minimum Gasteiger partial charge on any atom is -0.467 e. The minimum atomic E-state index is -0.599. The average molecular weight is 360 g/mol. The number of rotatable bonds is 3. The second kappa shape index (κ2) is 7.27. The fourth-order valence-electron chi connectivity index (χ4n) is 4.06. The van der Waals surface area contributed by atoms with Gasteiger partial charge in [0.25, 0.3) is 0 Å². The van der Waals surface area contributed by atoms with Crippen molar-refractivity contribution in [3.8, 4) is 0 Å². The van der Waals surface area contributed by atoms with E-state index in [-0.39, 0.29) is 17.9 Å². The van der Waals surface area contributed by atoms with Crippen LogP contribution in [-0.4, -0.2) is 59.7 Å². The van der Waals surface area contributed by atoms with Gasteiger partial charge in [0.1, 0.15) is 11.6 Å². The predicted molar refractivity (Wildman–Crippen MR) is 97.5 cm³/mol. The molecule has 2 saturated heterocycles. The zero-order valence-corrected chi connectivity index (χ0v) is 16.0. The summed E-state index contributed by atoms with van der Waals surface area (Å²) in [5.41, 5.74) is 0.630. The Labute approximate surface area is 155 Å². The summed E-state index contributed by atoms with van der Waals surface area (Å²) in [6.07, 6.45) is 0.381. The summed E-state index contributed by atoms with van der Waals surface area (Å²) in [7, 11) is 1.37. The maximum absolute atomic E-state index is 12.8. The molecule has 2 aliphatic heterocycles. The van der Waals surface area contributed by atoms with Gasteiger partial charge >= 0.3 is 12.1 Å². The highest BCUT2D eigenvalue weighted by atomic mass is 16.6. The highest BCUT2D eigenvalue weighted by Crippen LogP contribution is 2.37. The number of ether oxygens (including phenoxy) is 2. The molecule has 2 fully saturated rings. The molecule has 1 aromatic carbocycles. The van der Waals surface area contributed by atoms with Crippen molar-refractivity contribution >= 4 is 12.1 Å². The van der Waals surface area contributed by atoms with Gasteiger partial charge in [-0.15, -0.1) is 0 Å². The number of carbonyl (C=O) groups is 2. The van der Waals surface area contributed by atoms with Crippen molar-refractivity contribution in [2.45, 2.75) is 51.4 Å². The van der Waals surface area contributed by atoms with Crippen LogP contribution in [0, 0.1) is 5.92 Å². The topological polar surface area (TPSA) is 59.1 Å². The molecule has 2 bridgehead atoms. The SMILES string of the molecule is COC(=O)[C@H]1[C@H]2C[C@H](CN(Cc3ccccc3)C2)N1C(=O)OC(C)(C)C. The smallest absolute Gasteiger partial charge is 0.411 e. The van der Waals surface area contributed by atoms with Gasteiger partial charge in [0.05, 0.1) is 7.11 Å². The molecule has 0 aliphatic carbocycles. The fraction of sp³-hybridized carbons (Fsp3) is 0.600. The van der Waals surface area contributed by atoms with Gasteiger partial charge in [-0.1, -0.05) is 30.3 Å². The average Bonchev–Trinajstić information content (AvgIpc) is 2.84. The Balaban J connectivity index is 1.79. The molecule has 142 valence electrons. The quantitative estimate of drug-likeness (QED) is 0.776. The van der Waals surface area contributed by atoms with Crippen molar-refractivity contribution in [3.05, 3.63) is 35.9 Å². The minimum absolute atomic E-state index is 0.0311. The number of methoxy groups -OCH3 is 1. The Morgan fingerprint density at radius 2 is 1.85 bits per heavy atom. The van der Waals surface area contributed by atoms with Crippen LogP contribution in [0.4, 0.5) is 4.79 Å². The van der Waals surface area contributed by atoms with Crippen LogP contribution in [0.5, 0.6) is 0 Å². The largest absolute Gasteiger partial charge is 0.467 e. The van der Waals surface area contributed by atoms with Gasteiger partial charge in [0, 0.05) is 31.6 Å². The monoisotopic (exact) mass is 360 g/mol. The van der Waals surface area contributed by atoms with Crippen LogP contribution < -0.4 is 0 Å². The Morgan fingerprint density at radius 1 is 1.15 bits per heavy atom. The van der Waals surface area contributed by atoms with Crippen LogP contribution in [0.3, 0.4) is 0 Å². The first kappa shape index (κ1) is 18.7. The third-order valence-electron chi connectivity index (χ3n) is 4.97. The molecule has 6 nitrogen and oxygen atoms in total. The molecule has 3 atom stereocenters. The van der Waals surface area contributed by atoms with Crippen molar-refractivity contribution in [3.63, 3.8) is 0 Å². The fourth-order valence-corrected chi connectivity index (χ4v) is 4.06. The van der Waals surface area contributed by atoms with Gasteiger partial charge < -0.3 is 9.47 Å². The molecule has 2 aliphatic rings. The summed E-state index contributed by atoms with van der Waals surface area (Å²) in [6.45, 7) is 7.82. The Bertz CT molecular complexity index is 656. The van der Waals surface area contributed by atoms with E-state index in [0.29, 0.717) is 0 Å². The molecule has 0 unspecified atom stereocenters. The van der Waals surface area contributed by atoms with Crippen LogP contribution in [0.2, 0.25) is 0 Å². The van der Waals surface area contributed by atoms with Crippen molar-refractivity contribution < 1.29 is 19.1 Å². The molecular weight excluding hydrogens is 332 g/mol. The molecule has 0 aromatic heterocycles. The normalized spacial score (nSPS) is 25.8. The van der Waals surface area contributed by atoms with Crippen LogP contribution in [0.15, 0.2) is 30.3 Å². The molecule has 6 heteroatoms. The van der Waals surface area contributed by atoms with E-state index in [1.807, 2.05) is 39.0 Å². The van der Waals surface area contributed by atoms with E-state index in [1.165, 1.54) is 12.7 Å². The zero-order chi connectivity index (χ0) is 18.9. The molecule has 1 amide bonds. The Morgan fingerprint density at radius 3 is 2.46 bits per heavy atom. The van der Waals surface area contributed by atoms with Crippen LogP contribution in [0.25, 0.3) is 0 Å². The highest BCUT2D eigenvalue weighted by Gasteiger charge is 2.52. The Hall–Kier alpha value is -2.08. The number of hydrogen-bond donors (Lipinski definition) is 0. The summed E-state index contributed by atoms with van der Waals surface area (Å²) in [5.74, 6) is -0.289. The molecule has 3 rings (SSSR count). The van der Waals surface area contributed by atoms with Gasteiger partial charge in [-0.2, -0.15) is 0 Å². The molecule has 26 heavy (non-hydrogen) atoms. The lowest BCUT2D eigenvalue weighted by molar-refractivity contribution is -0.147. The van der Waals surface area contributed by atoms with Crippen LogP contribution in [-0.2, 0) is 20.8 Å². The number of amides is 1. The number of likely N-dealkylation sites (tertiary alicyclic amines) is 2. The molecular formula is C20H28N2O4. The maximum atomic E-state index is 12.8. The second-order valence-corrected chi connectivity index (χ2v) is 8.18. The molecule has 2 heterocycles. The third kappa shape index (κ3) is 4.01. The summed E-state index contributed by atoms with van der Waals surface area (Å²) in [5, 5.41) is 0. The van der Waals surface area contributed by atoms with Crippen molar-refractivity contribution in [2.75, 3.05) is 20.2 Å². The lowest BCUT2D eigenvalue weighted by Crippen LogP contribution is -2.49. The first-order valence-corrected chi connectivity index (χ1v) is 9.14.